The zero-order valence-corrected chi connectivity index (χ0v) is 19.4. The zero-order valence-electron chi connectivity index (χ0n) is 17.1. The van der Waals surface area contributed by atoms with Gasteiger partial charge in [-0.2, -0.15) is 0 Å². The first-order valence-corrected chi connectivity index (χ1v) is 11.6. The number of nitrogens with zero attached hydrogens (tertiary/aromatic N) is 1. The number of rotatable bonds is 9. The molecule has 0 saturated carbocycles. The van der Waals surface area contributed by atoms with E-state index in [1.54, 1.807) is 19.2 Å². The van der Waals surface area contributed by atoms with Gasteiger partial charge < -0.3 is 14.8 Å². The number of hydrogen-bond acceptors (Lipinski definition) is 5. The smallest absolute Gasteiger partial charge is 0.241 e. The fraction of sp³-hybridized carbons (Fsp3) is 0.350. The van der Waals surface area contributed by atoms with Gasteiger partial charge in [0.05, 0.1) is 32.2 Å². The molecular formula is C20H24Cl2N2O5S. The SMILES string of the molecule is CCC(NC(=O)CN(c1cc(Cl)cc(Cl)c1)S(C)(=O)=O)c1ccc(OC)c(OC)c1. The van der Waals surface area contributed by atoms with Gasteiger partial charge in [0.2, 0.25) is 15.9 Å². The number of nitrogens with one attached hydrogen (secondary N) is 1. The lowest BCUT2D eigenvalue weighted by atomic mass is 10.0. The van der Waals surface area contributed by atoms with Crippen molar-refractivity contribution < 1.29 is 22.7 Å². The Kier molecular flexibility index (Phi) is 8.23. The van der Waals surface area contributed by atoms with Crippen LogP contribution in [0.5, 0.6) is 11.5 Å². The van der Waals surface area contributed by atoms with Crippen LogP contribution in [0, 0.1) is 0 Å². The number of methoxy groups -OCH3 is 2. The summed E-state index contributed by atoms with van der Waals surface area (Å²) in [5.41, 5.74) is 1.02. The summed E-state index contributed by atoms with van der Waals surface area (Å²) in [6.07, 6.45) is 1.60. The summed E-state index contributed by atoms with van der Waals surface area (Å²) < 4.78 is 36.1. The fourth-order valence-electron chi connectivity index (χ4n) is 2.94. The first-order chi connectivity index (χ1) is 14.1. The third-order valence-electron chi connectivity index (χ3n) is 4.38. The summed E-state index contributed by atoms with van der Waals surface area (Å²) in [5.74, 6) is 0.635. The molecule has 2 aromatic carbocycles. The lowest BCUT2D eigenvalue weighted by molar-refractivity contribution is -0.120. The van der Waals surface area contributed by atoms with Crippen LogP contribution in [0.2, 0.25) is 10.0 Å². The second-order valence-corrected chi connectivity index (χ2v) is 9.32. The minimum Gasteiger partial charge on any atom is -0.493 e. The molecule has 1 atom stereocenters. The van der Waals surface area contributed by atoms with Gasteiger partial charge in [-0.3, -0.25) is 9.10 Å². The van der Waals surface area contributed by atoms with Gasteiger partial charge in [0.15, 0.2) is 11.5 Å². The number of amides is 1. The van der Waals surface area contributed by atoms with Crippen molar-refractivity contribution in [1.29, 1.82) is 0 Å². The van der Waals surface area contributed by atoms with Crippen molar-refractivity contribution in [2.75, 3.05) is 31.3 Å². The van der Waals surface area contributed by atoms with Crippen molar-refractivity contribution >= 4 is 44.8 Å². The quantitative estimate of drug-likeness (QED) is 0.592. The second kappa shape index (κ2) is 10.2. The molecule has 2 aromatic rings. The van der Waals surface area contributed by atoms with E-state index in [1.165, 1.54) is 25.3 Å². The Morgan fingerprint density at radius 1 is 1.07 bits per heavy atom. The van der Waals surface area contributed by atoms with Gasteiger partial charge in [-0.05, 0) is 42.3 Å². The molecular weight excluding hydrogens is 451 g/mol. The normalized spacial score (nSPS) is 12.2. The molecule has 0 spiro atoms. The molecule has 0 bridgehead atoms. The molecule has 0 aliphatic heterocycles. The summed E-state index contributed by atoms with van der Waals surface area (Å²) >= 11 is 12.0. The largest absolute Gasteiger partial charge is 0.493 e. The van der Waals surface area contributed by atoms with Crippen LogP contribution in [-0.2, 0) is 14.8 Å². The summed E-state index contributed by atoms with van der Waals surface area (Å²) in [5, 5.41) is 3.40. The second-order valence-electron chi connectivity index (χ2n) is 6.54. The van der Waals surface area contributed by atoms with Crippen LogP contribution >= 0.6 is 23.2 Å². The molecule has 0 aliphatic rings. The highest BCUT2D eigenvalue weighted by Gasteiger charge is 2.23. The van der Waals surface area contributed by atoms with Gasteiger partial charge >= 0.3 is 0 Å². The molecule has 1 amide bonds. The van der Waals surface area contributed by atoms with Gasteiger partial charge in [-0.15, -0.1) is 0 Å². The number of ether oxygens (including phenoxy) is 2. The van der Waals surface area contributed by atoms with Crippen LogP contribution < -0.4 is 19.1 Å². The molecule has 7 nitrogen and oxygen atoms in total. The molecule has 0 radical (unpaired) electrons. The van der Waals surface area contributed by atoms with E-state index < -0.39 is 22.5 Å². The van der Waals surface area contributed by atoms with Crippen molar-refractivity contribution in [3.05, 3.63) is 52.0 Å². The van der Waals surface area contributed by atoms with E-state index in [1.807, 2.05) is 13.0 Å². The van der Waals surface area contributed by atoms with E-state index in [9.17, 15) is 13.2 Å². The van der Waals surface area contributed by atoms with E-state index in [2.05, 4.69) is 5.32 Å². The van der Waals surface area contributed by atoms with Gasteiger partial charge in [-0.1, -0.05) is 36.2 Å². The van der Waals surface area contributed by atoms with Crippen LogP contribution in [0.3, 0.4) is 0 Å². The van der Waals surface area contributed by atoms with Gasteiger partial charge in [-0.25, -0.2) is 8.42 Å². The lowest BCUT2D eigenvalue weighted by Gasteiger charge is -2.24. The summed E-state index contributed by atoms with van der Waals surface area (Å²) in [6, 6.07) is 9.36. The Hall–Kier alpha value is -2.16. The summed E-state index contributed by atoms with van der Waals surface area (Å²) in [4.78, 5) is 12.7. The predicted molar refractivity (Wildman–Crippen MR) is 119 cm³/mol. The van der Waals surface area contributed by atoms with E-state index >= 15 is 0 Å². The number of anilines is 1. The van der Waals surface area contributed by atoms with Crippen LogP contribution in [0.15, 0.2) is 36.4 Å². The first-order valence-electron chi connectivity index (χ1n) is 9.04. The Morgan fingerprint density at radius 2 is 1.67 bits per heavy atom. The van der Waals surface area contributed by atoms with E-state index in [4.69, 9.17) is 32.7 Å². The Balaban J connectivity index is 2.25. The first kappa shape index (κ1) is 24.1. The van der Waals surface area contributed by atoms with Crippen molar-refractivity contribution in [2.45, 2.75) is 19.4 Å². The maximum atomic E-state index is 12.7. The average molecular weight is 475 g/mol. The molecule has 0 aliphatic carbocycles. The Labute approximate surface area is 186 Å². The van der Waals surface area contributed by atoms with Crippen molar-refractivity contribution in [3.63, 3.8) is 0 Å². The standard InChI is InChI=1S/C20H24Cl2N2O5S/c1-5-17(13-6-7-18(28-2)19(8-13)29-3)23-20(25)12-24(30(4,26)27)16-10-14(21)9-15(22)11-16/h6-11,17H,5,12H2,1-4H3,(H,23,25). The highest BCUT2D eigenvalue weighted by molar-refractivity contribution is 7.92. The molecule has 1 N–H and O–H groups in total. The topological polar surface area (TPSA) is 84.9 Å². The zero-order chi connectivity index (χ0) is 22.5. The minimum absolute atomic E-state index is 0.212. The van der Waals surface area contributed by atoms with Crippen molar-refractivity contribution in [2.24, 2.45) is 0 Å². The molecule has 0 saturated heterocycles. The third-order valence-corrected chi connectivity index (χ3v) is 5.95. The van der Waals surface area contributed by atoms with E-state index in [0.29, 0.717) is 17.9 Å². The van der Waals surface area contributed by atoms with Crippen LogP contribution in [0.4, 0.5) is 5.69 Å². The minimum atomic E-state index is -3.75. The summed E-state index contributed by atoms with van der Waals surface area (Å²) in [6.45, 7) is 1.49. The number of benzene rings is 2. The highest BCUT2D eigenvalue weighted by Crippen LogP contribution is 2.31. The average Bonchev–Trinajstić information content (AvgIpc) is 2.68. The lowest BCUT2D eigenvalue weighted by Crippen LogP contribution is -2.41. The number of carbonyl (C=O) groups is 1. The Bertz CT molecular complexity index is 994. The fourth-order valence-corrected chi connectivity index (χ4v) is 4.30. The number of hydrogen-bond donors (Lipinski definition) is 1. The van der Waals surface area contributed by atoms with Gasteiger partial charge in [0.1, 0.15) is 6.54 Å². The highest BCUT2D eigenvalue weighted by atomic mass is 35.5. The molecule has 1 unspecified atom stereocenters. The Morgan fingerprint density at radius 3 is 2.17 bits per heavy atom. The molecule has 0 heterocycles. The number of halogens is 2. The number of sulfonamides is 1. The third kappa shape index (κ3) is 6.17. The van der Waals surface area contributed by atoms with Crippen molar-refractivity contribution in [1.82, 2.24) is 5.32 Å². The van der Waals surface area contributed by atoms with Crippen LogP contribution in [0.25, 0.3) is 0 Å². The van der Waals surface area contributed by atoms with Gasteiger partial charge in [0.25, 0.3) is 0 Å². The monoisotopic (exact) mass is 474 g/mol. The van der Waals surface area contributed by atoms with E-state index in [0.717, 1.165) is 16.1 Å². The molecule has 30 heavy (non-hydrogen) atoms. The maximum Gasteiger partial charge on any atom is 0.241 e. The van der Waals surface area contributed by atoms with Gasteiger partial charge in [0, 0.05) is 10.0 Å². The predicted octanol–water partition coefficient (Wildman–Crippen LogP) is 4.04. The molecule has 10 heteroatoms. The molecule has 2 rings (SSSR count). The number of carbonyl (C=O) groups excluding carboxylic acids is 1. The maximum absolute atomic E-state index is 12.7. The van der Waals surface area contributed by atoms with Crippen LogP contribution in [-0.4, -0.2) is 41.3 Å². The van der Waals surface area contributed by atoms with Crippen molar-refractivity contribution in [3.8, 4) is 11.5 Å². The molecule has 0 aromatic heterocycles. The van der Waals surface area contributed by atoms with Crippen LogP contribution in [0.1, 0.15) is 24.9 Å². The van der Waals surface area contributed by atoms with E-state index in [-0.39, 0.29) is 21.8 Å². The molecule has 0 fully saturated rings. The summed E-state index contributed by atoms with van der Waals surface area (Å²) in [7, 11) is -0.686. The molecule has 164 valence electrons.